The number of hydrogen-bond acceptors (Lipinski definition) is 3. The lowest BCUT2D eigenvalue weighted by Crippen LogP contribution is -2.28. The van der Waals surface area contributed by atoms with Gasteiger partial charge in [0.05, 0.1) is 12.0 Å². The van der Waals surface area contributed by atoms with E-state index < -0.39 is 0 Å². The monoisotopic (exact) mass is 309 g/mol. The van der Waals surface area contributed by atoms with E-state index >= 15 is 0 Å². The molecular weight excluding hydrogens is 286 g/mol. The normalized spacial score (nSPS) is 19.0. The third-order valence-electron chi connectivity index (χ3n) is 4.91. The number of hydrogen-bond donors (Lipinski definition) is 0. The number of rotatable bonds is 4. The molecule has 1 saturated heterocycles. The van der Waals surface area contributed by atoms with E-state index in [0.29, 0.717) is 0 Å². The fraction of sp³-hybridized carbons (Fsp3) is 0.421. The minimum atomic E-state index is 0.718. The van der Waals surface area contributed by atoms with Crippen LogP contribution in [0.25, 0.3) is 22.2 Å². The summed E-state index contributed by atoms with van der Waals surface area (Å²) in [5, 5.41) is 1.18. The van der Waals surface area contributed by atoms with E-state index in [0.717, 1.165) is 41.6 Å². The molecule has 0 amide bonds. The summed E-state index contributed by atoms with van der Waals surface area (Å²) < 4.78 is 8.03. The minimum absolute atomic E-state index is 0.718. The summed E-state index contributed by atoms with van der Waals surface area (Å²) in [7, 11) is 1.99. The average molecular weight is 309 g/mol. The molecule has 0 N–H and O–H groups in total. The molecule has 0 aliphatic carbocycles. The van der Waals surface area contributed by atoms with E-state index in [9.17, 15) is 0 Å². The molecule has 4 heteroatoms. The second-order valence-corrected chi connectivity index (χ2v) is 6.67. The van der Waals surface area contributed by atoms with Crippen LogP contribution in [0.2, 0.25) is 0 Å². The van der Waals surface area contributed by atoms with Crippen LogP contribution in [-0.4, -0.2) is 33.6 Å². The largest absolute Gasteiger partial charge is 0.461 e. The number of fused-ring (bicyclic) bond motifs is 1. The van der Waals surface area contributed by atoms with Crippen molar-refractivity contribution < 1.29 is 4.42 Å². The molecular formula is C19H23N3O. The van der Waals surface area contributed by atoms with Gasteiger partial charge in [-0.15, -0.1) is 0 Å². The molecule has 120 valence electrons. The highest BCUT2D eigenvalue weighted by Gasteiger charge is 2.20. The van der Waals surface area contributed by atoms with Gasteiger partial charge in [0.2, 0.25) is 0 Å². The van der Waals surface area contributed by atoms with Crippen molar-refractivity contribution in [3.63, 3.8) is 0 Å². The smallest absolute Gasteiger partial charge is 0.134 e. The molecule has 1 aliphatic heterocycles. The lowest BCUT2D eigenvalue weighted by molar-refractivity contribution is 0.266. The summed E-state index contributed by atoms with van der Waals surface area (Å²) in [6.07, 6.45) is 7.49. The van der Waals surface area contributed by atoms with Gasteiger partial charge in [-0.2, -0.15) is 0 Å². The van der Waals surface area contributed by atoms with Crippen molar-refractivity contribution in [2.45, 2.75) is 32.2 Å². The Labute approximate surface area is 136 Å². The summed E-state index contributed by atoms with van der Waals surface area (Å²) in [6.45, 7) is 4.64. The third-order valence-corrected chi connectivity index (χ3v) is 4.91. The Balaban J connectivity index is 1.53. The van der Waals surface area contributed by atoms with Gasteiger partial charge in [0, 0.05) is 43.2 Å². The fourth-order valence-electron chi connectivity index (χ4n) is 3.51. The van der Waals surface area contributed by atoms with Crippen LogP contribution in [0.4, 0.5) is 0 Å². The molecule has 1 aromatic carbocycles. The van der Waals surface area contributed by atoms with Crippen LogP contribution in [0, 0.1) is 0 Å². The highest BCUT2D eigenvalue weighted by molar-refractivity contribution is 5.83. The number of imidazole rings is 1. The van der Waals surface area contributed by atoms with Gasteiger partial charge < -0.3 is 13.9 Å². The Kier molecular flexibility index (Phi) is 3.69. The van der Waals surface area contributed by atoms with Crippen LogP contribution in [0.3, 0.4) is 0 Å². The first kappa shape index (κ1) is 14.5. The van der Waals surface area contributed by atoms with E-state index in [2.05, 4.69) is 41.1 Å². The van der Waals surface area contributed by atoms with E-state index in [1.807, 2.05) is 24.1 Å². The van der Waals surface area contributed by atoms with Crippen molar-refractivity contribution in [2.75, 3.05) is 13.1 Å². The molecule has 4 nitrogen and oxygen atoms in total. The zero-order valence-corrected chi connectivity index (χ0v) is 13.8. The number of aromatic nitrogens is 2. The molecule has 4 rings (SSSR count). The van der Waals surface area contributed by atoms with Crippen molar-refractivity contribution in [3.8, 4) is 11.3 Å². The molecule has 3 aromatic rings. The topological polar surface area (TPSA) is 34.2 Å². The van der Waals surface area contributed by atoms with Gasteiger partial charge in [-0.3, -0.25) is 0 Å². The molecule has 23 heavy (non-hydrogen) atoms. The van der Waals surface area contributed by atoms with Gasteiger partial charge in [0.15, 0.2) is 0 Å². The lowest BCUT2D eigenvalue weighted by Gasteiger charge is -2.19. The first-order chi connectivity index (χ1) is 11.2. The first-order valence-electron chi connectivity index (χ1n) is 8.44. The van der Waals surface area contributed by atoms with Gasteiger partial charge in [-0.1, -0.05) is 12.1 Å². The van der Waals surface area contributed by atoms with Crippen LogP contribution in [0.15, 0.2) is 41.2 Å². The molecule has 1 fully saturated rings. The molecule has 1 atom stereocenters. The fourth-order valence-corrected chi connectivity index (χ4v) is 3.51. The Hall–Kier alpha value is -2.07. The summed E-state index contributed by atoms with van der Waals surface area (Å²) in [6, 6.07) is 9.24. The molecule has 0 radical (unpaired) electrons. The first-order valence-corrected chi connectivity index (χ1v) is 8.44. The summed E-state index contributed by atoms with van der Waals surface area (Å²) in [4.78, 5) is 6.97. The Morgan fingerprint density at radius 1 is 1.30 bits per heavy atom. The Morgan fingerprint density at radius 3 is 2.96 bits per heavy atom. The molecule has 0 saturated carbocycles. The summed E-state index contributed by atoms with van der Waals surface area (Å²) in [5.41, 5.74) is 3.04. The van der Waals surface area contributed by atoms with Crippen molar-refractivity contribution in [1.82, 2.24) is 14.5 Å². The van der Waals surface area contributed by atoms with Gasteiger partial charge in [-0.05, 0) is 38.4 Å². The summed E-state index contributed by atoms with van der Waals surface area (Å²) in [5.74, 6) is 1.08. The van der Waals surface area contributed by atoms with Crippen LogP contribution in [-0.2, 0) is 13.5 Å². The maximum Gasteiger partial charge on any atom is 0.134 e. The van der Waals surface area contributed by atoms with Gasteiger partial charge in [0.25, 0.3) is 0 Å². The predicted octanol–water partition coefficient (Wildman–Crippen LogP) is 3.86. The highest BCUT2D eigenvalue weighted by Crippen LogP contribution is 2.26. The van der Waals surface area contributed by atoms with E-state index in [1.165, 1.54) is 24.8 Å². The van der Waals surface area contributed by atoms with Crippen molar-refractivity contribution in [1.29, 1.82) is 0 Å². The van der Waals surface area contributed by atoms with Gasteiger partial charge in [-0.25, -0.2) is 4.98 Å². The zero-order valence-electron chi connectivity index (χ0n) is 13.8. The molecule has 0 bridgehead atoms. The maximum atomic E-state index is 6.07. The van der Waals surface area contributed by atoms with Crippen molar-refractivity contribution in [2.24, 2.45) is 7.05 Å². The van der Waals surface area contributed by atoms with E-state index in [1.54, 1.807) is 0 Å². The van der Waals surface area contributed by atoms with E-state index in [4.69, 9.17) is 4.42 Å². The summed E-state index contributed by atoms with van der Waals surface area (Å²) >= 11 is 0. The Morgan fingerprint density at radius 2 is 2.22 bits per heavy atom. The van der Waals surface area contributed by atoms with Gasteiger partial charge in [0.1, 0.15) is 11.3 Å². The molecule has 2 aromatic heterocycles. The zero-order chi connectivity index (χ0) is 15.8. The standard InChI is InChI=1S/C19H23N3O/c1-14-4-3-8-22(14)9-7-17-10-16-6-5-15(11-19(16)23-17)18-12-21(2)13-20-18/h5-6,10-14H,3-4,7-9H2,1-2H3. The Bertz CT molecular complexity index is 817. The number of benzene rings is 1. The second-order valence-electron chi connectivity index (χ2n) is 6.67. The number of nitrogens with zero attached hydrogens (tertiary/aromatic N) is 3. The van der Waals surface area contributed by atoms with Crippen molar-refractivity contribution >= 4 is 11.0 Å². The lowest BCUT2D eigenvalue weighted by atomic mass is 10.1. The van der Waals surface area contributed by atoms with Crippen LogP contribution < -0.4 is 0 Å². The number of aryl methyl sites for hydroxylation is 1. The molecule has 1 aliphatic rings. The quantitative estimate of drug-likeness (QED) is 0.734. The van der Waals surface area contributed by atoms with Gasteiger partial charge >= 0.3 is 0 Å². The average Bonchev–Trinajstić information content (AvgIpc) is 3.24. The molecule has 3 heterocycles. The molecule has 1 unspecified atom stereocenters. The SMILES string of the molecule is CC1CCCN1CCc1cc2ccc(-c3cn(C)cn3)cc2o1. The highest BCUT2D eigenvalue weighted by atomic mass is 16.3. The minimum Gasteiger partial charge on any atom is -0.461 e. The second kappa shape index (κ2) is 5.85. The molecule has 0 spiro atoms. The number of furan rings is 1. The van der Waals surface area contributed by atoms with Crippen LogP contribution >= 0.6 is 0 Å². The maximum absolute atomic E-state index is 6.07. The van der Waals surface area contributed by atoms with Crippen molar-refractivity contribution in [3.05, 3.63) is 42.5 Å². The number of likely N-dealkylation sites (tertiary alicyclic amines) is 1. The van der Waals surface area contributed by atoms with Crippen LogP contribution in [0.5, 0.6) is 0 Å². The third kappa shape index (κ3) is 2.91. The van der Waals surface area contributed by atoms with E-state index in [-0.39, 0.29) is 0 Å². The predicted molar refractivity (Wildman–Crippen MR) is 92.4 cm³/mol. The van der Waals surface area contributed by atoms with Crippen LogP contribution in [0.1, 0.15) is 25.5 Å².